The van der Waals surface area contributed by atoms with Crippen LogP contribution in [0.1, 0.15) is 78.2 Å². The van der Waals surface area contributed by atoms with E-state index >= 15 is 0 Å². The van der Waals surface area contributed by atoms with Gasteiger partial charge in [-0.15, -0.1) is 0 Å². The summed E-state index contributed by atoms with van der Waals surface area (Å²) in [6.45, 7) is 4.34. The maximum Gasteiger partial charge on any atom is 0.249 e. The molecule has 0 saturated heterocycles. The van der Waals surface area contributed by atoms with Crippen LogP contribution >= 0.6 is 0 Å². The van der Waals surface area contributed by atoms with E-state index in [1.165, 1.54) is 12.1 Å². The topological polar surface area (TPSA) is 234 Å². The third-order valence-electron chi connectivity index (χ3n) is 6.97. The van der Waals surface area contributed by atoms with E-state index in [1.807, 2.05) is 30.3 Å². The van der Waals surface area contributed by atoms with Crippen molar-refractivity contribution in [2.75, 3.05) is 13.1 Å². The van der Waals surface area contributed by atoms with Crippen LogP contribution in [0.15, 0.2) is 52.0 Å². The number of nitrogens with one attached hydrogen (secondary N) is 2. The number of phenols is 1. The fraction of sp³-hybridized carbons (Fsp3) is 0.433. The number of aromatic hydroxyl groups is 1. The molecule has 11 N–H and O–H groups in total. The highest BCUT2D eigenvalue weighted by Crippen LogP contribution is 2.28. The lowest BCUT2D eigenvalue weighted by Gasteiger charge is -2.26. The Labute approximate surface area is 251 Å². The van der Waals surface area contributed by atoms with Crippen molar-refractivity contribution in [1.82, 2.24) is 20.8 Å². The summed E-state index contributed by atoms with van der Waals surface area (Å²) in [4.78, 5) is 35.6. The number of unbranched alkanes of at least 4 members (excludes halogenated alkanes) is 1. The molecule has 13 nitrogen and oxygen atoms in total. The van der Waals surface area contributed by atoms with E-state index in [-0.39, 0.29) is 17.6 Å². The predicted octanol–water partition coefficient (Wildman–Crippen LogP) is 1.51. The number of hydrogen-bond acceptors (Lipinski definition) is 9. The molecule has 2 aromatic carbocycles. The van der Waals surface area contributed by atoms with E-state index in [2.05, 4.69) is 25.8 Å². The van der Waals surface area contributed by atoms with Gasteiger partial charge in [-0.1, -0.05) is 35.5 Å². The van der Waals surface area contributed by atoms with Crippen LogP contribution in [0.5, 0.6) is 5.75 Å². The highest BCUT2D eigenvalue weighted by molar-refractivity contribution is 5.91. The molecule has 0 spiro atoms. The Hall–Kier alpha value is -4.49. The number of guanidine groups is 1. The zero-order valence-electron chi connectivity index (χ0n) is 24.8. The van der Waals surface area contributed by atoms with Gasteiger partial charge in [0.1, 0.15) is 17.8 Å². The molecular formula is C30H43N9O4. The molecule has 0 saturated carbocycles. The Morgan fingerprint density at radius 2 is 1.70 bits per heavy atom. The van der Waals surface area contributed by atoms with Crippen LogP contribution in [0.3, 0.4) is 0 Å². The van der Waals surface area contributed by atoms with Gasteiger partial charge in [0.25, 0.3) is 0 Å². The second kappa shape index (κ2) is 16.2. The minimum Gasteiger partial charge on any atom is -0.508 e. The summed E-state index contributed by atoms with van der Waals surface area (Å²) >= 11 is 0. The summed E-state index contributed by atoms with van der Waals surface area (Å²) < 4.78 is 5.59. The molecule has 0 unspecified atom stereocenters. The lowest BCUT2D eigenvalue weighted by Crippen LogP contribution is -2.48. The van der Waals surface area contributed by atoms with E-state index in [0.29, 0.717) is 67.7 Å². The second-order valence-electron chi connectivity index (χ2n) is 10.5. The highest BCUT2D eigenvalue weighted by Gasteiger charge is 2.31. The summed E-state index contributed by atoms with van der Waals surface area (Å²) in [5, 5.41) is 20.1. The van der Waals surface area contributed by atoms with Gasteiger partial charge in [0, 0.05) is 13.0 Å². The first kappa shape index (κ1) is 33.0. The van der Waals surface area contributed by atoms with E-state index < -0.39 is 29.9 Å². The minimum atomic E-state index is -1.11. The molecule has 232 valence electrons. The maximum absolute atomic E-state index is 14.0. The van der Waals surface area contributed by atoms with Gasteiger partial charge >= 0.3 is 0 Å². The number of carbonyl (C=O) groups excluding carboxylic acids is 2. The Bertz CT molecular complexity index is 1350. The van der Waals surface area contributed by atoms with Gasteiger partial charge in [0.2, 0.25) is 17.7 Å². The first-order valence-electron chi connectivity index (χ1n) is 14.4. The molecule has 13 heteroatoms. The number of aliphatic imine (C=N–C) groups is 1. The number of nitrogens with two attached hydrogens (primary N) is 4. The predicted molar refractivity (Wildman–Crippen MR) is 164 cm³/mol. The number of nitrogens with zero attached hydrogens (tertiary/aromatic N) is 3. The van der Waals surface area contributed by atoms with Crippen molar-refractivity contribution in [3.8, 4) is 5.75 Å². The monoisotopic (exact) mass is 593 g/mol. The average molecular weight is 594 g/mol. The number of phenolic OH excluding ortho intramolecular Hbond substituents is 1. The lowest BCUT2D eigenvalue weighted by atomic mass is 9.94. The van der Waals surface area contributed by atoms with Crippen molar-refractivity contribution in [2.45, 2.75) is 70.5 Å². The first-order valence-corrected chi connectivity index (χ1v) is 14.4. The van der Waals surface area contributed by atoms with Crippen molar-refractivity contribution >= 4 is 17.8 Å². The van der Waals surface area contributed by atoms with Crippen molar-refractivity contribution in [3.05, 3.63) is 76.4 Å². The largest absolute Gasteiger partial charge is 0.508 e. The molecule has 0 aliphatic carbocycles. The van der Waals surface area contributed by atoms with E-state index in [0.717, 1.165) is 12.0 Å². The van der Waals surface area contributed by atoms with Crippen LogP contribution in [0.2, 0.25) is 0 Å². The Morgan fingerprint density at radius 3 is 2.35 bits per heavy atom. The molecule has 0 radical (unpaired) electrons. The van der Waals surface area contributed by atoms with Crippen LogP contribution in [-0.2, 0) is 16.0 Å². The number of amides is 2. The number of aromatic nitrogens is 2. The molecule has 1 heterocycles. The number of rotatable bonds is 16. The fourth-order valence-electron chi connectivity index (χ4n) is 4.84. The van der Waals surface area contributed by atoms with Crippen LogP contribution in [0.25, 0.3) is 0 Å². The Balaban J connectivity index is 1.85. The molecule has 43 heavy (non-hydrogen) atoms. The number of benzene rings is 2. The van der Waals surface area contributed by atoms with E-state index in [4.69, 9.17) is 27.5 Å². The SMILES string of the molecule is Cc1cc(O)cc(C)c1[C@@H](NC(=O)[C@H](N)CCCN=C(N)N)C(=O)N[C@H](CCCCN)c1nc(Cc2ccccc2)no1. The average Bonchev–Trinajstić information content (AvgIpc) is 3.42. The van der Waals surface area contributed by atoms with Gasteiger partial charge in [0.05, 0.1) is 6.04 Å². The quantitative estimate of drug-likeness (QED) is 0.0718. The summed E-state index contributed by atoms with van der Waals surface area (Å²) in [5.41, 5.74) is 25.4. The number of hydrogen-bond donors (Lipinski definition) is 7. The second-order valence-corrected chi connectivity index (χ2v) is 10.5. The summed E-state index contributed by atoms with van der Waals surface area (Å²) in [6.07, 6.45) is 3.19. The van der Waals surface area contributed by atoms with Gasteiger partial charge in [0.15, 0.2) is 11.8 Å². The van der Waals surface area contributed by atoms with Crippen molar-refractivity contribution < 1.29 is 19.2 Å². The van der Waals surface area contributed by atoms with Gasteiger partial charge in [-0.05, 0) is 86.9 Å². The molecule has 0 aliphatic heterocycles. The standard InChI is InChI=1S/C30H43N9O4/c1-18-15-21(40)16-19(2)25(18)26(38-27(41)22(32)11-8-14-35-30(33)34)28(42)36-23(12-6-7-13-31)29-37-24(39-43-29)17-20-9-4-3-5-10-20/h3-5,9-10,15-16,22-23,26,40H,6-8,11-14,17,31-32H2,1-2H3,(H,36,42)(H,38,41)(H4,33,34,35)/t22-,23-,26-/m1/s1. The van der Waals surface area contributed by atoms with E-state index in [9.17, 15) is 14.7 Å². The van der Waals surface area contributed by atoms with Gasteiger partial charge in [-0.25, -0.2) is 0 Å². The zero-order valence-corrected chi connectivity index (χ0v) is 24.8. The van der Waals surface area contributed by atoms with Crippen LogP contribution in [0, 0.1) is 13.8 Å². The van der Waals surface area contributed by atoms with Crippen LogP contribution in [0.4, 0.5) is 0 Å². The van der Waals surface area contributed by atoms with Gasteiger partial charge in [-0.2, -0.15) is 4.98 Å². The van der Waals surface area contributed by atoms with Crippen molar-refractivity contribution in [3.63, 3.8) is 0 Å². The Morgan fingerprint density at radius 1 is 1.00 bits per heavy atom. The van der Waals surface area contributed by atoms with E-state index in [1.54, 1.807) is 13.8 Å². The summed E-state index contributed by atoms with van der Waals surface area (Å²) in [6, 6.07) is 10.2. The van der Waals surface area contributed by atoms with Gasteiger partial charge in [-0.3, -0.25) is 14.6 Å². The van der Waals surface area contributed by atoms with Crippen molar-refractivity contribution in [2.24, 2.45) is 27.9 Å². The number of aryl methyl sites for hydroxylation is 2. The van der Waals surface area contributed by atoms with Crippen molar-refractivity contribution in [1.29, 1.82) is 0 Å². The molecule has 3 aromatic rings. The smallest absolute Gasteiger partial charge is 0.249 e. The Kier molecular flexibility index (Phi) is 12.5. The lowest BCUT2D eigenvalue weighted by molar-refractivity contribution is -0.130. The molecule has 0 bridgehead atoms. The molecule has 2 amide bonds. The number of carbonyl (C=O) groups is 2. The van der Waals surface area contributed by atoms with Crippen LogP contribution < -0.4 is 33.6 Å². The molecule has 0 fully saturated rings. The minimum absolute atomic E-state index is 0.0394. The van der Waals surface area contributed by atoms with Gasteiger partial charge < -0.3 is 43.2 Å². The zero-order chi connectivity index (χ0) is 31.4. The highest BCUT2D eigenvalue weighted by atomic mass is 16.5. The third kappa shape index (κ3) is 10.1. The van der Waals surface area contributed by atoms with Crippen LogP contribution in [-0.4, -0.2) is 52.2 Å². The summed E-state index contributed by atoms with van der Waals surface area (Å²) in [5.74, 6) is -0.240. The third-order valence-corrected chi connectivity index (χ3v) is 6.97. The maximum atomic E-state index is 14.0. The normalized spacial score (nSPS) is 13.1. The molecular weight excluding hydrogens is 550 g/mol. The molecule has 3 atom stereocenters. The first-order chi connectivity index (χ1) is 20.6. The summed E-state index contributed by atoms with van der Waals surface area (Å²) in [7, 11) is 0. The fourth-order valence-corrected chi connectivity index (χ4v) is 4.84. The molecule has 1 aromatic heterocycles. The molecule has 3 rings (SSSR count). The molecule has 0 aliphatic rings.